The molecular weight excluding hydrogens is 286 g/mol. The summed E-state index contributed by atoms with van der Waals surface area (Å²) in [6, 6.07) is 6.18. The molecule has 0 spiro atoms. The van der Waals surface area contributed by atoms with E-state index >= 15 is 0 Å². The van der Waals surface area contributed by atoms with E-state index in [0.29, 0.717) is 5.92 Å². The Kier molecular flexibility index (Phi) is 4.51. The third-order valence-electron chi connectivity index (χ3n) is 4.68. The average molecular weight is 308 g/mol. The number of carboxylic acid groups (broad SMARTS) is 1. The molecule has 1 heterocycles. The molecule has 1 saturated heterocycles. The molecule has 4 heteroatoms. The second-order valence-corrected chi connectivity index (χ2v) is 6.78. The van der Waals surface area contributed by atoms with Crippen molar-refractivity contribution in [3.8, 4) is 0 Å². The van der Waals surface area contributed by atoms with Crippen molar-refractivity contribution >= 4 is 17.6 Å². The first-order valence-electron chi connectivity index (χ1n) is 7.86. The highest BCUT2D eigenvalue weighted by Gasteiger charge is 2.34. The maximum absolute atomic E-state index is 11.1. The number of likely N-dealkylation sites (tertiary alicyclic amines) is 1. The van der Waals surface area contributed by atoms with Crippen molar-refractivity contribution in [2.45, 2.75) is 44.6 Å². The lowest BCUT2D eigenvalue weighted by Gasteiger charge is -2.19. The summed E-state index contributed by atoms with van der Waals surface area (Å²) in [6.07, 6.45) is 5.05. The van der Waals surface area contributed by atoms with Crippen LogP contribution in [0.15, 0.2) is 18.2 Å². The third kappa shape index (κ3) is 3.78. The van der Waals surface area contributed by atoms with Crippen molar-refractivity contribution in [2.24, 2.45) is 5.92 Å². The molecule has 1 unspecified atom stereocenters. The maximum Gasteiger partial charge on any atom is 0.303 e. The predicted molar refractivity (Wildman–Crippen MR) is 83.7 cm³/mol. The molecule has 1 aliphatic heterocycles. The molecule has 1 saturated carbocycles. The van der Waals surface area contributed by atoms with Crippen molar-refractivity contribution in [2.75, 3.05) is 13.1 Å². The lowest BCUT2D eigenvalue weighted by atomic mass is 9.90. The first kappa shape index (κ1) is 14.9. The molecule has 0 bridgehead atoms. The summed E-state index contributed by atoms with van der Waals surface area (Å²) in [5.41, 5.74) is 2.25. The molecule has 0 amide bonds. The largest absolute Gasteiger partial charge is 0.481 e. The Morgan fingerprint density at radius 3 is 2.62 bits per heavy atom. The van der Waals surface area contributed by atoms with E-state index in [-0.39, 0.29) is 12.3 Å². The van der Waals surface area contributed by atoms with E-state index in [4.69, 9.17) is 16.7 Å². The Hall–Kier alpha value is -1.06. The van der Waals surface area contributed by atoms with Crippen LogP contribution in [0.2, 0.25) is 5.02 Å². The number of nitrogens with zero attached hydrogens (tertiary/aromatic N) is 1. The van der Waals surface area contributed by atoms with Crippen molar-refractivity contribution in [3.63, 3.8) is 0 Å². The molecular formula is C17H22ClNO2. The fourth-order valence-electron chi connectivity index (χ4n) is 3.35. The SMILES string of the molecule is O=C(O)CC(c1ccc(CN2CCCC2)c(Cl)c1)C1CC1. The maximum atomic E-state index is 11.1. The van der Waals surface area contributed by atoms with Crippen LogP contribution in [0.1, 0.15) is 49.1 Å². The summed E-state index contributed by atoms with van der Waals surface area (Å²) >= 11 is 6.44. The fraction of sp³-hybridized carbons (Fsp3) is 0.588. The van der Waals surface area contributed by atoms with Gasteiger partial charge in [0.05, 0.1) is 6.42 Å². The van der Waals surface area contributed by atoms with Gasteiger partial charge in [0.1, 0.15) is 0 Å². The Balaban J connectivity index is 1.74. The number of carbonyl (C=O) groups is 1. The van der Waals surface area contributed by atoms with Gasteiger partial charge < -0.3 is 5.11 Å². The van der Waals surface area contributed by atoms with E-state index in [0.717, 1.165) is 48.6 Å². The minimum absolute atomic E-state index is 0.126. The van der Waals surface area contributed by atoms with Gasteiger partial charge in [0.15, 0.2) is 0 Å². The molecule has 114 valence electrons. The molecule has 2 fully saturated rings. The van der Waals surface area contributed by atoms with Gasteiger partial charge in [-0.1, -0.05) is 23.7 Å². The average Bonchev–Trinajstić information content (AvgIpc) is 3.16. The molecule has 0 aromatic heterocycles. The van der Waals surface area contributed by atoms with E-state index in [2.05, 4.69) is 17.0 Å². The molecule has 3 nitrogen and oxygen atoms in total. The molecule has 1 aromatic rings. The zero-order valence-corrected chi connectivity index (χ0v) is 13.0. The van der Waals surface area contributed by atoms with E-state index in [1.807, 2.05) is 6.07 Å². The number of aliphatic carboxylic acids is 1. The number of halogens is 1. The quantitative estimate of drug-likeness (QED) is 0.866. The van der Waals surface area contributed by atoms with Crippen LogP contribution in [-0.4, -0.2) is 29.1 Å². The van der Waals surface area contributed by atoms with Crippen LogP contribution >= 0.6 is 11.6 Å². The zero-order chi connectivity index (χ0) is 14.8. The van der Waals surface area contributed by atoms with Crippen molar-refractivity contribution in [3.05, 3.63) is 34.3 Å². The number of rotatable bonds is 6. The summed E-state index contributed by atoms with van der Waals surface area (Å²) in [4.78, 5) is 13.5. The van der Waals surface area contributed by atoms with Gasteiger partial charge in [-0.05, 0) is 67.8 Å². The summed E-state index contributed by atoms with van der Waals surface area (Å²) in [7, 11) is 0. The van der Waals surface area contributed by atoms with Crippen LogP contribution in [-0.2, 0) is 11.3 Å². The van der Waals surface area contributed by atoms with Crippen molar-refractivity contribution in [1.82, 2.24) is 4.90 Å². The number of hydrogen-bond donors (Lipinski definition) is 1. The van der Waals surface area contributed by atoms with Crippen LogP contribution in [0.25, 0.3) is 0 Å². The summed E-state index contributed by atoms with van der Waals surface area (Å²) < 4.78 is 0. The Bertz CT molecular complexity index is 522. The number of hydrogen-bond acceptors (Lipinski definition) is 2. The Labute approximate surface area is 130 Å². The van der Waals surface area contributed by atoms with Crippen LogP contribution in [0.4, 0.5) is 0 Å². The number of carboxylic acids is 1. The monoisotopic (exact) mass is 307 g/mol. The smallest absolute Gasteiger partial charge is 0.303 e. The molecule has 3 rings (SSSR count). The van der Waals surface area contributed by atoms with Gasteiger partial charge in [0.2, 0.25) is 0 Å². The highest BCUT2D eigenvalue weighted by molar-refractivity contribution is 6.31. The molecule has 1 N–H and O–H groups in total. The van der Waals surface area contributed by atoms with Crippen LogP contribution in [0.5, 0.6) is 0 Å². The lowest BCUT2D eigenvalue weighted by Crippen LogP contribution is -2.18. The van der Waals surface area contributed by atoms with Crippen LogP contribution < -0.4 is 0 Å². The van der Waals surface area contributed by atoms with Gasteiger partial charge in [0, 0.05) is 11.6 Å². The fourth-order valence-corrected chi connectivity index (χ4v) is 3.60. The number of benzene rings is 1. The molecule has 1 aromatic carbocycles. The van der Waals surface area contributed by atoms with Gasteiger partial charge in [-0.15, -0.1) is 0 Å². The minimum Gasteiger partial charge on any atom is -0.481 e. The lowest BCUT2D eigenvalue weighted by molar-refractivity contribution is -0.137. The molecule has 1 atom stereocenters. The van der Waals surface area contributed by atoms with Crippen LogP contribution in [0, 0.1) is 5.92 Å². The topological polar surface area (TPSA) is 40.5 Å². The van der Waals surface area contributed by atoms with Gasteiger partial charge in [-0.25, -0.2) is 0 Å². The second kappa shape index (κ2) is 6.37. The zero-order valence-electron chi connectivity index (χ0n) is 12.2. The van der Waals surface area contributed by atoms with Gasteiger partial charge in [-0.3, -0.25) is 9.69 Å². The van der Waals surface area contributed by atoms with Crippen molar-refractivity contribution < 1.29 is 9.90 Å². The highest BCUT2D eigenvalue weighted by Crippen LogP contribution is 2.45. The normalized spacial score (nSPS) is 20.6. The van der Waals surface area contributed by atoms with E-state index in [9.17, 15) is 4.79 Å². The van der Waals surface area contributed by atoms with Gasteiger partial charge in [0.25, 0.3) is 0 Å². The van der Waals surface area contributed by atoms with E-state index < -0.39 is 5.97 Å². The predicted octanol–water partition coefficient (Wildman–Crippen LogP) is 3.90. The first-order valence-corrected chi connectivity index (χ1v) is 8.24. The molecule has 0 radical (unpaired) electrons. The van der Waals surface area contributed by atoms with Gasteiger partial charge in [-0.2, -0.15) is 0 Å². The standard InChI is InChI=1S/C17H22ClNO2/c18-16-9-13(15(10-17(20)21)12-3-4-12)5-6-14(16)11-19-7-1-2-8-19/h5-6,9,12,15H,1-4,7-8,10-11H2,(H,20,21). The van der Waals surface area contributed by atoms with E-state index in [1.165, 1.54) is 12.8 Å². The molecule has 1 aliphatic carbocycles. The van der Waals surface area contributed by atoms with Crippen molar-refractivity contribution in [1.29, 1.82) is 0 Å². The second-order valence-electron chi connectivity index (χ2n) is 6.38. The Morgan fingerprint density at radius 2 is 2.05 bits per heavy atom. The highest BCUT2D eigenvalue weighted by atomic mass is 35.5. The Morgan fingerprint density at radius 1 is 1.33 bits per heavy atom. The third-order valence-corrected chi connectivity index (χ3v) is 5.04. The van der Waals surface area contributed by atoms with Gasteiger partial charge >= 0.3 is 5.97 Å². The van der Waals surface area contributed by atoms with Crippen LogP contribution in [0.3, 0.4) is 0 Å². The summed E-state index contributed by atoms with van der Waals surface area (Å²) in [6.45, 7) is 3.22. The molecule has 2 aliphatic rings. The van der Waals surface area contributed by atoms with E-state index in [1.54, 1.807) is 0 Å². The molecule has 21 heavy (non-hydrogen) atoms. The first-order chi connectivity index (χ1) is 10.1. The summed E-state index contributed by atoms with van der Waals surface area (Å²) in [5.74, 6) is -0.0633. The minimum atomic E-state index is -0.718. The summed E-state index contributed by atoms with van der Waals surface area (Å²) in [5, 5.41) is 9.88.